The van der Waals surface area contributed by atoms with Crippen molar-refractivity contribution >= 4 is 28.6 Å². The van der Waals surface area contributed by atoms with Crippen LogP contribution in [0.5, 0.6) is 0 Å². The minimum absolute atomic E-state index is 0.0265. The van der Waals surface area contributed by atoms with Gasteiger partial charge in [-0.1, -0.05) is 36.4 Å². The largest absolute Gasteiger partial charge is 0.332 e. The summed E-state index contributed by atoms with van der Waals surface area (Å²) in [6.45, 7) is 2.24. The van der Waals surface area contributed by atoms with Gasteiger partial charge in [0.25, 0.3) is 5.56 Å². The fourth-order valence-corrected chi connectivity index (χ4v) is 7.77. The molecule has 8 nitrogen and oxygen atoms in total. The van der Waals surface area contributed by atoms with Crippen molar-refractivity contribution in [3.63, 3.8) is 0 Å². The lowest BCUT2D eigenvalue weighted by Crippen LogP contribution is -2.67. The molecule has 7 rings (SSSR count). The Hall–Kier alpha value is -3.78. The molecule has 0 saturated carbocycles. The average Bonchev–Trinajstić information content (AvgIpc) is 3.36. The summed E-state index contributed by atoms with van der Waals surface area (Å²) in [5.74, 6) is -0.459. The quantitative estimate of drug-likeness (QED) is 0.491. The van der Waals surface area contributed by atoms with E-state index < -0.39 is 23.3 Å². The predicted molar refractivity (Wildman–Crippen MR) is 146 cm³/mol. The van der Waals surface area contributed by atoms with E-state index in [-0.39, 0.29) is 30.4 Å². The summed E-state index contributed by atoms with van der Waals surface area (Å²) in [4.78, 5) is 57.8. The minimum atomic E-state index is -1.42. The zero-order chi connectivity index (χ0) is 27.1. The van der Waals surface area contributed by atoms with Gasteiger partial charge in [-0.2, -0.15) is 0 Å². The van der Waals surface area contributed by atoms with E-state index in [1.165, 1.54) is 30.6 Å². The van der Waals surface area contributed by atoms with Crippen LogP contribution in [-0.4, -0.2) is 70.8 Å². The highest BCUT2D eigenvalue weighted by atomic mass is 16.2. The highest BCUT2D eigenvalue weighted by Gasteiger charge is 2.56. The molecular formula is C31H32N4O4. The summed E-state index contributed by atoms with van der Waals surface area (Å²) < 4.78 is 1.88. The molecule has 0 radical (unpaired) electrons. The number of nitrogens with zero attached hydrogens (tertiary/aromatic N) is 4. The monoisotopic (exact) mass is 524 g/mol. The van der Waals surface area contributed by atoms with E-state index in [2.05, 4.69) is 35.2 Å². The van der Waals surface area contributed by atoms with Crippen LogP contribution < -0.4 is 5.56 Å². The third-order valence-corrected chi connectivity index (χ3v) is 9.51. The third kappa shape index (κ3) is 3.54. The summed E-state index contributed by atoms with van der Waals surface area (Å²) in [6, 6.07) is 15.4. The maximum absolute atomic E-state index is 14.0. The number of piperidine rings is 1. The van der Waals surface area contributed by atoms with E-state index in [1.54, 1.807) is 6.07 Å². The Labute approximate surface area is 226 Å². The smallest absolute Gasteiger partial charge is 0.312 e. The van der Waals surface area contributed by atoms with Gasteiger partial charge in [-0.05, 0) is 65.1 Å². The Morgan fingerprint density at radius 2 is 1.54 bits per heavy atom. The Kier molecular flexibility index (Phi) is 5.36. The van der Waals surface area contributed by atoms with Crippen LogP contribution in [0.3, 0.4) is 0 Å². The number of carbonyl (C=O) groups excluding carboxylic acids is 3. The van der Waals surface area contributed by atoms with Gasteiger partial charge in [-0.3, -0.25) is 24.2 Å². The van der Waals surface area contributed by atoms with Crippen LogP contribution in [0.2, 0.25) is 0 Å². The third-order valence-electron chi connectivity index (χ3n) is 9.51. The number of aromatic nitrogens is 1. The summed E-state index contributed by atoms with van der Waals surface area (Å²) in [7, 11) is 2.95. The molecule has 8 heteroatoms. The van der Waals surface area contributed by atoms with Gasteiger partial charge in [0.2, 0.25) is 11.8 Å². The molecule has 200 valence electrons. The van der Waals surface area contributed by atoms with Crippen molar-refractivity contribution in [1.82, 2.24) is 19.3 Å². The van der Waals surface area contributed by atoms with Crippen LogP contribution in [0.1, 0.15) is 34.7 Å². The molecule has 3 aromatic rings. The summed E-state index contributed by atoms with van der Waals surface area (Å²) in [6.07, 6.45) is 3.22. The Balaban J connectivity index is 1.30. The van der Waals surface area contributed by atoms with Gasteiger partial charge in [-0.25, -0.2) is 4.79 Å². The molecule has 4 heterocycles. The van der Waals surface area contributed by atoms with Gasteiger partial charge < -0.3 is 9.47 Å². The number of fused-ring (bicyclic) bond motifs is 4. The number of hydrogen-bond acceptors (Lipinski definition) is 5. The van der Waals surface area contributed by atoms with Crippen molar-refractivity contribution in [2.45, 2.75) is 38.1 Å². The lowest BCUT2D eigenvalue weighted by Gasteiger charge is -2.48. The SMILES string of the molecule is CN1C(=O)N(C)C(=O)C(Cc2ccc3c4c(cccc24)CC3)(CN2C[C@@H]3C[C@@H](C2)c2cccc(=O)n2C3)C1=O. The fourth-order valence-electron chi connectivity index (χ4n) is 7.77. The van der Waals surface area contributed by atoms with Crippen molar-refractivity contribution in [2.75, 3.05) is 33.7 Å². The van der Waals surface area contributed by atoms with E-state index in [0.29, 0.717) is 19.6 Å². The van der Waals surface area contributed by atoms with Crippen LogP contribution in [-0.2, 0) is 35.4 Å². The Morgan fingerprint density at radius 1 is 0.821 bits per heavy atom. The molecule has 3 aliphatic heterocycles. The number of urea groups is 1. The van der Waals surface area contributed by atoms with E-state index in [4.69, 9.17) is 0 Å². The number of benzene rings is 2. The van der Waals surface area contributed by atoms with Crippen LogP contribution in [0.25, 0.3) is 10.8 Å². The van der Waals surface area contributed by atoms with Gasteiger partial charge in [0.1, 0.15) is 5.41 Å². The number of rotatable bonds is 4. The number of likely N-dealkylation sites (tertiary alicyclic amines) is 1. The van der Waals surface area contributed by atoms with E-state index in [1.807, 2.05) is 16.7 Å². The number of hydrogen-bond donors (Lipinski definition) is 0. The minimum Gasteiger partial charge on any atom is -0.312 e. The fraction of sp³-hybridized carbons (Fsp3) is 0.419. The normalized spacial score (nSPS) is 24.0. The lowest BCUT2D eigenvalue weighted by molar-refractivity contribution is -0.159. The molecule has 2 aromatic carbocycles. The standard InChI is InChI=1S/C31H32N4O4/c1-32-28(37)31(29(38)33(2)30(32)39,14-22-12-11-21-10-9-20-5-3-6-24(22)27(20)21)18-34-15-19-13-23(17-34)25-7-4-8-26(36)35(25)16-19/h3-8,11-12,19,23H,9-10,13-18H2,1-2H3/t19-,23-/m0/s1. The maximum atomic E-state index is 14.0. The highest BCUT2D eigenvalue weighted by molar-refractivity contribution is 6.19. The van der Waals surface area contributed by atoms with Gasteiger partial charge in [0.05, 0.1) is 0 Å². The molecule has 2 saturated heterocycles. The molecule has 2 bridgehead atoms. The molecule has 0 unspecified atom stereocenters. The lowest BCUT2D eigenvalue weighted by atomic mass is 9.74. The molecule has 2 atom stereocenters. The summed E-state index contributed by atoms with van der Waals surface area (Å²) in [5.41, 5.74) is 3.21. The van der Waals surface area contributed by atoms with E-state index in [0.717, 1.165) is 45.7 Å². The van der Waals surface area contributed by atoms with Crippen LogP contribution in [0.15, 0.2) is 53.3 Å². The first-order valence-electron chi connectivity index (χ1n) is 13.8. The van der Waals surface area contributed by atoms with Crippen molar-refractivity contribution in [1.29, 1.82) is 0 Å². The van der Waals surface area contributed by atoms with Crippen molar-refractivity contribution in [2.24, 2.45) is 11.3 Å². The second-order valence-corrected chi connectivity index (χ2v) is 11.9. The molecule has 4 aliphatic rings. The topological polar surface area (TPSA) is 82.9 Å². The number of imide groups is 2. The molecule has 1 aromatic heterocycles. The van der Waals surface area contributed by atoms with Crippen molar-refractivity contribution < 1.29 is 14.4 Å². The van der Waals surface area contributed by atoms with Gasteiger partial charge in [-0.15, -0.1) is 0 Å². The van der Waals surface area contributed by atoms with Crippen LogP contribution >= 0.6 is 0 Å². The Bertz CT molecular complexity index is 1590. The number of aryl methyl sites for hydroxylation is 2. The van der Waals surface area contributed by atoms with Crippen LogP contribution in [0, 0.1) is 11.3 Å². The first-order chi connectivity index (χ1) is 18.8. The molecule has 2 fully saturated rings. The van der Waals surface area contributed by atoms with Crippen LogP contribution in [0.4, 0.5) is 4.79 Å². The number of pyridine rings is 1. The zero-order valence-electron chi connectivity index (χ0n) is 22.4. The molecule has 39 heavy (non-hydrogen) atoms. The van der Waals surface area contributed by atoms with Gasteiger partial charge >= 0.3 is 6.03 Å². The summed E-state index contributed by atoms with van der Waals surface area (Å²) >= 11 is 0. The van der Waals surface area contributed by atoms with Crippen molar-refractivity contribution in [3.8, 4) is 0 Å². The van der Waals surface area contributed by atoms with Crippen molar-refractivity contribution in [3.05, 3.63) is 81.3 Å². The second kappa shape index (κ2) is 8.61. The van der Waals surface area contributed by atoms with Gasteiger partial charge in [0, 0.05) is 58.0 Å². The van der Waals surface area contributed by atoms with E-state index in [9.17, 15) is 19.2 Å². The van der Waals surface area contributed by atoms with Gasteiger partial charge in [0.15, 0.2) is 0 Å². The molecule has 1 aliphatic carbocycles. The number of carbonyl (C=O) groups is 3. The second-order valence-electron chi connectivity index (χ2n) is 11.9. The average molecular weight is 525 g/mol. The number of barbiturate groups is 1. The zero-order valence-corrected chi connectivity index (χ0v) is 22.4. The number of amides is 4. The molecule has 4 amide bonds. The Morgan fingerprint density at radius 3 is 2.31 bits per heavy atom. The molecular weight excluding hydrogens is 492 g/mol. The highest BCUT2D eigenvalue weighted by Crippen LogP contribution is 2.41. The molecule has 0 N–H and O–H groups in total. The first kappa shape index (κ1) is 24.3. The first-order valence-corrected chi connectivity index (χ1v) is 13.8. The maximum Gasteiger partial charge on any atom is 0.332 e. The van der Waals surface area contributed by atoms with E-state index >= 15 is 0 Å². The predicted octanol–water partition coefficient (Wildman–Crippen LogP) is 2.80. The summed E-state index contributed by atoms with van der Waals surface area (Å²) in [5, 5.41) is 2.33. The molecule has 0 spiro atoms.